The molecule has 0 spiro atoms. The summed E-state index contributed by atoms with van der Waals surface area (Å²) in [7, 11) is 0. The highest BCUT2D eigenvalue weighted by molar-refractivity contribution is 6.33. The monoisotopic (exact) mass is 468 g/mol. The van der Waals surface area contributed by atoms with Gasteiger partial charge >= 0.3 is 6.18 Å². The number of benzene rings is 1. The Morgan fingerprint density at radius 3 is 2.53 bits per heavy atom. The summed E-state index contributed by atoms with van der Waals surface area (Å²) in [5.74, 6) is -0.185. The molecule has 0 bridgehead atoms. The molecule has 1 aliphatic heterocycles. The van der Waals surface area contributed by atoms with Crippen molar-refractivity contribution in [3.63, 3.8) is 0 Å². The fourth-order valence-electron chi connectivity index (χ4n) is 3.59. The van der Waals surface area contributed by atoms with Crippen LogP contribution in [0.25, 0.3) is 0 Å². The summed E-state index contributed by atoms with van der Waals surface area (Å²) in [5.41, 5.74) is 0.463. The number of hydrogen-bond acceptors (Lipinski definition) is 4. The summed E-state index contributed by atoms with van der Waals surface area (Å²) in [6.45, 7) is 3.60. The van der Waals surface area contributed by atoms with Crippen molar-refractivity contribution in [2.75, 3.05) is 24.5 Å². The zero-order valence-corrected chi connectivity index (χ0v) is 18.3. The lowest BCUT2D eigenvalue weighted by molar-refractivity contribution is -0.137. The lowest BCUT2D eigenvalue weighted by Crippen LogP contribution is -2.40. The van der Waals surface area contributed by atoms with Gasteiger partial charge in [-0.1, -0.05) is 23.7 Å². The predicted molar refractivity (Wildman–Crippen MR) is 115 cm³/mol. The molecule has 1 fully saturated rings. The van der Waals surface area contributed by atoms with E-state index in [2.05, 4.69) is 15.6 Å². The fraction of sp³-hybridized carbons (Fsp3) is 0.409. The van der Waals surface area contributed by atoms with Gasteiger partial charge in [-0.2, -0.15) is 13.2 Å². The molecular weight excluding hydrogens is 445 g/mol. The van der Waals surface area contributed by atoms with Gasteiger partial charge in [0.1, 0.15) is 5.82 Å². The fourth-order valence-corrected chi connectivity index (χ4v) is 3.88. The molecule has 0 saturated carbocycles. The van der Waals surface area contributed by atoms with Gasteiger partial charge in [0.25, 0.3) is 5.91 Å². The highest BCUT2D eigenvalue weighted by Gasteiger charge is 2.33. The maximum atomic E-state index is 12.8. The molecule has 172 valence electrons. The van der Waals surface area contributed by atoms with E-state index in [1.54, 1.807) is 23.1 Å². The number of aromatic nitrogens is 1. The number of carbonyl (C=O) groups is 2. The molecule has 2 amide bonds. The van der Waals surface area contributed by atoms with Crippen LogP contribution in [-0.4, -0.2) is 36.4 Å². The molecule has 1 saturated heterocycles. The van der Waals surface area contributed by atoms with Crippen molar-refractivity contribution in [3.8, 4) is 0 Å². The van der Waals surface area contributed by atoms with Crippen LogP contribution in [0.1, 0.15) is 41.3 Å². The summed E-state index contributed by atoms with van der Waals surface area (Å²) in [6.07, 6.45) is -2.66. The van der Waals surface area contributed by atoms with E-state index in [9.17, 15) is 22.8 Å². The van der Waals surface area contributed by atoms with Crippen molar-refractivity contribution in [1.82, 2.24) is 15.6 Å². The van der Waals surface area contributed by atoms with E-state index in [-0.39, 0.29) is 22.8 Å². The Labute approximate surface area is 189 Å². The van der Waals surface area contributed by atoms with Crippen LogP contribution in [0.15, 0.2) is 36.5 Å². The van der Waals surface area contributed by atoms with Crippen molar-refractivity contribution in [1.29, 1.82) is 0 Å². The molecule has 0 radical (unpaired) electrons. The van der Waals surface area contributed by atoms with Crippen molar-refractivity contribution < 1.29 is 22.8 Å². The van der Waals surface area contributed by atoms with Gasteiger partial charge in [0.05, 0.1) is 10.6 Å². The molecular formula is C22H24ClF3N4O2. The second kappa shape index (κ2) is 10.2. The number of piperidine rings is 1. The third-order valence-electron chi connectivity index (χ3n) is 5.31. The quantitative estimate of drug-likeness (QED) is 0.671. The Morgan fingerprint density at radius 1 is 1.19 bits per heavy atom. The van der Waals surface area contributed by atoms with Gasteiger partial charge in [0, 0.05) is 43.9 Å². The zero-order valence-electron chi connectivity index (χ0n) is 17.5. The van der Waals surface area contributed by atoms with Gasteiger partial charge in [-0.15, -0.1) is 0 Å². The molecule has 0 aliphatic carbocycles. The first-order valence-corrected chi connectivity index (χ1v) is 10.7. The van der Waals surface area contributed by atoms with Crippen LogP contribution in [0.4, 0.5) is 19.0 Å². The molecule has 1 aromatic heterocycles. The maximum absolute atomic E-state index is 12.8. The Morgan fingerprint density at radius 2 is 1.91 bits per heavy atom. The summed E-state index contributed by atoms with van der Waals surface area (Å²) in [6, 6.07) is 7.94. The normalized spacial score (nSPS) is 14.8. The molecule has 3 rings (SSSR count). The number of halogens is 4. The van der Waals surface area contributed by atoms with Crippen molar-refractivity contribution in [2.45, 2.75) is 32.5 Å². The summed E-state index contributed by atoms with van der Waals surface area (Å²) in [4.78, 5) is 30.2. The number of rotatable bonds is 6. The van der Waals surface area contributed by atoms with E-state index >= 15 is 0 Å². The molecule has 1 aromatic carbocycles. The molecule has 2 heterocycles. The first kappa shape index (κ1) is 23.8. The van der Waals surface area contributed by atoms with Crippen LogP contribution < -0.4 is 15.5 Å². The Balaban J connectivity index is 1.53. The van der Waals surface area contributed by atoms with Crippen molar-refractivity contribution in [3.05, 3.63) is 58.2 Å². The van der Waals surface area contributed by atoms with Gasteiger partial charge in [-0.25, -0.2) is 4.98 Å². The molecule has 32 heavy (non-hydrogen) atoms. The van der Waals surface area contributed by atoms with Gasteiger partial charge < -0.3 is 15.5 Å². The number of pyridine rings is 1. The van der Waals surface area contributed by atoms with Crippen molar-refractivity contribution in [2.24, 2.45) is 5.92 Å². The first-order chi connectivity index (χ1) is 15.2. The van der Waals surface area contributed by atoms with Gasteiger partial charge in [0.15, 0.2) is 0 Å². The lowest BCUT2D eigenvalue weighted by Gasteiger charge is -2.32. The van der Waals surface area contributed by atoms with Crippen LogP contribution in [0.3, 0.4) is 0 Å². The number of anilines is 1. The van der Waals surface area contributed by atoms with Crippen LogP contribution in [0, 0.1) is 5.92 Å². The molecule has 2 N–H and O–H groups in total. The van der Waals surface area contributed by atoms with E-state index in [1.165, 1.54) is 0 Å². The van der Waals surface area contributed by atoms with Gasteiger partial charge in [0.2, 0.25) is 5.91 Å². The van der Waals surface area contributed by atoms with E-state index in [0.717, 1.165) is 17.8 Å². The largest absolute Gasteiger partial charge is 0.417 e. The highest BCUT2D eigenvalue weighted by Crippen LogP contribution is 2.34. The number of nitrogens with one attached hydrogen (secondary N) is 2. The number of nitrogens with zero attached hydrogens (tertiary/aromatic N) is 2. The van der Waals surface area contributed by atoms with E-state index < -0.39 is 11.7 Å². The van der Waals surface area contributed by atoms with E-state index in [1.807, 2.05) is 13.0 Å². The lowest BCUT2D eigenvalue weighted by atomic mass is 9.95. The summed E-state index contributed by atoms with van der Waals surface area (Å²) < 4.78 is 38.4. The topological polar surface area (TPSA) is 74.3 Å². The summed E-state index contributed by atoms with van der Waals surface area (Å²) >= 11 is 6.03. The third kappa shape index (κ3) is 5.91. The number of carbonyl (C=O) groups excluding carboxylic acids is 2. The SMILES string of the molecule is CCNC(=O)c1cccc(CNC(=O)C2CCN(c3ncc(C(F)(F)F)cc3Cl)CC2)c1. The summed E-state index contributed by atoms with van der Waals surface area (Å²) in [5, 5.41) is 5.58. The molecule has 0 unspecified atom stereocenters. The van der Waals surface area contributed by atoms with E-state index in [0.29, 0.717) is 50.4 Å². The smallest absolute Gasteiger partial charge is 0.355 e. The molecule has 0 atom stereocenters. The minimum Gasteiger partial charge on any atom is -0.355 e. The van der Waals surface area contributed by atoms with Gasteiger partial charge in [-0.3, -0.25) is 9.59 Å². The Kier molecular flexibility index (Phi) is 7.60. The second-order valence-corrected chi connectivity index (χ2v) is 7.97. The standard InChI is InChI=1S/C22H24ClF3N4O2/c1-2-27-21(32)16-5-3-4-14(10-16)12-29-20(31)15-6-8-30(9-7-15)19-18(23)11-17(13-28-19)22(24,25)26/h3-5,10-11,13,15H,2,6-9,12H2,1H3,(H,27,32)(H,29,31). The van der Waals surface area contributed by atoms with Crippen LogP contribution in [0.2, 0.25) is 5.02 Å². The van der Waals surface area contributed by atoms with Gasteiger partial charge in [-0.05, 0) is 43.5 Å². The number of hydrogen-bond donors (Lipinski definition) is 2. The Hall–Kier alpha value is -2.81. The number of alkyl halides is 3. The minimum atomic E-state index is -4.50. The van der Waals surface area contributed by atoms with Crippen molar-refractivity contribution >= 4 is 29.2 Å². The molecule has 1 aliphatic rings. The van der Waals surface area contributed by atoms with E-state index in [4.69, 9.17) is 11.6 Å². The average Bonchev–Trinajstić information content (AvgIpc) is 2.77. The minimum absolute atomic E-state index is 0.0604. The first-order valence-electron chi connectivity index (χ1n) is 10.3. The molecule has 6 nitrogen and oxygen atoms in total. The maximum Gasteiger partial charge on any atom is 0.417 e. The molecule has 2 aromatic rings. The average molecular weight is 469 g/mol. The zero-order chi connectivity index (χ0) is 23.3. The number of amides is 2. The predicted octanol–water partition coefficient (Wildman–Crippen LogP) is 4.04. The third-order valence-corrected chi connectivity index (χ3v) is 5.59. The van der Waals surface area contributed by atoms with Crippen LogP contribution >= 0.6 is 11.6 Å². The van der Waals surface area contributed by atoms with Crippen LogP contribution in [0.5, 0.6) is 0 Å². The Bertz CT molecular complexity index is 976. The second-order valence-electron chi connectivity index (χ2n) is 7.57. The van der Waals surface area contributed by atoms with Crippen LogP contribution in [-0.2, 0) is 17.5 Å². The molecule has 10 heteroatoms. The highest BCUT2D eigenvalue weighted by atomic mass is 35.5.